The average molecular weight is 271 g/mol. The molecule has 0 aliphatic rings. The molecule has 1 amide bonds. The van der Waals surface area contributed by atoms with Gasteiger partial charge in [-0.25, -0.2) is 9.89 Å². The molecule has 0 spiro atoms. The highest BCUT2D eigenvalue weighted by Crippen LogP contribution is 2.02. The van der Waals surface area contributed by atoms with Crippen LogP contribution < -0.4 is 10.9 Å². The zero-order valence-corrected chi connectivity index (χ0v) is 10.5. The molecule has 7 nitrogen and oxygen atoms in total. The number of thioether (sulfide) groups is 1. The van der Waals surface area contributed by atoms with Gasteiger partial charge in [-0.1, -0.05) is 0 Å². The molecule has 98 valence electrons. The van der Waals surface area contributed by atoms with E-state index in [1.54, 1.807) is 0 Å². The second-order valence-electron chi connectivity index (χ2n) is 3.45. The number of rotatable bonds is 6. The van der Waals surface area contributed by atoms with Crippen LogP contribution in [0.15, 0.2) is 16.9 Å². The van der Waals surface area contributed by atoms with Crippen molar-refractivity contribution in [3.05, 3.63) is 28.2 Å². The number of nitrogens with zero attached hydrogens (tertiary/aromatic N) is 1. The monoisotopic (exact) mass is 271 g/mol. The highest BCUT2D eigenvalue weighted by molar-refractivity contribution is 7.98. The molecular formula is C10H13N3O4S. The van der Waals surface area contributed by atoms with E-state index < -0.39 is 23.5 Å². The van der Waals surface area contributed by atoms with Crippen molar-refractivity contribution in [2.24, 2.45) is 0 Å². The number of hydrogen-bond acceptors (Lipinski definition) is 5. The Bertz CT molecular complexity index is 468. The summed E-state index contributed by atoms with van der Waals surface area (Å²) in [6.45, 7) is 0. The van der Waals surface area contributed by atoms with Gasteiger partial charge in [-0.15, -0.1) is 0 Å². The molecule has 8 heteroatoms. The lowest BCUT2D eigenvalue weighted by Gasteiger charge is -2.13. The van der Waals surface area contributed by atoms with E-state index >= 15 is 0 Å². The summed E-state index contributed by atoms with van der Waals surface area (Å²) in [6, 6.07) is 1.43. The number of hydrogen-bond donors (Lipinski definition) is 3. The number of amides is 1. The Hall–Kier alpha value is -1.83. The van der Waals surface area contributed by atoms with Gasteiger partial charge in [0.25, 0.3) is 11.5 Å². The van der Waals surface area contributed by atoms with Gasteiger partial charge in [-0.05, 0) is 24.5 Å². The van der Waals surface area contributed by atoms with Crippen LogP contribution in [0.1, 0.15) is 16.9 Å². The van der Waals surface area contributed by atoms with Crippen LogP contribution in [-0.4, -0.2) is 45.2 Å². The molecule has 1 heterocycles. The SMILES string of the molecule is CSCC[C@H](NC(=O)c1ccc(=O)[nH]n1)C(=O)O. The lowest BCUT2D eigenvalue weighted by molar-refractivity contribution is -0.139. The molecule has 0 saturated heterocycles. The van der Waals surface area contributed by atoms with Crippen molar-refractivity contribution >= 4 is 23.6 Å². The Morgan fingerprint density at radius 2 is 2.28 bits per heavy atom. The van der Waals surface area contributed by atoms with Gasteiger partial charge in [0.1, 0.15) is 11.7 Å². The second-order valence-corrected chi connectivity index (χ2v) is 4.44. The predicted molar refractivity (Wildman–Crippen MR) is 66.7 cm³/mol. The quantitative estimate of drug-likeness (QED) is 0.655. The maximum absolute atomic E-state index is 11.7. The summed E-state index contributed by atoms with van der Waals surface area (Å²) in [5, 5.41) is 16.9. The number of carbonyl (C=O) groups is 2. The van der Waals surface area contributed by atoms with E-state index in [4.69, 9.17) is 5.11 Å². The molecule has 1 aromatic heterocycles. The number of H-pyrrole nitrogens is 1. The van der Waals surface area contributed by atoms with E-state index in [1.165, 1.54) is 17.8 Å². The molecule has 0 saturated carbocycles. The van der Waals surface area contributed by atoms with Gasteiger partial charge in [-0.3, -0.25) is 9.59 Å². The van der Waals surface area contributed by atoms with Crippen LogP contribution >= 0.6 is 11.8 Å². The van der Waals surface area contributed by atoms with Crippen LogP contribution in [0.2, 0.25) is 0 Å². The minimum atomic E-state index is -1.10. The van der Waals surface area contributed by atoms with Gasteiger partial charge < -0.3 is 10.4 Å². The lowest BCUT2D eigenvalue weighted by Crippen LogP contribution is -2.41. The van der Waals surface area contributed by atoms with Gasteiger partial charge in [0.2, 0.25) is 0 Å². The highest BCUT2D eigenvalue weighted by Gasteiger charge is 2.20. The molecule has 1 atom stereocenters. The predicted octanol–water partition coefficient (Wildman–Crippen LogP) is -0.294. The number of carbonyl (C=O) groups excluding carboxylic acids is 1. The number of nitrogens with one attached hydrogen (secondary N) is 2. The van der Waals surface area contributed by atoms with Crippen molar-refractivity contribution in [3.8, 4) is 0 Å². The molecule has 18 heavy (non-hydrogen) atoms. The zero-order valence-electron chi connectivity index (χ0n) is 9.67. The summed E-state index contributed by atoms with van der Waals surface area (Å²) >= 11 is 1.49. The fourth-order valence-corrected chi connectivity index (χ4v) is 1.67. The molecule has 0 aromatic carbocycles. The summed E-state index contributed by atoms with van der Waals surface area (Å²) in [4.78, 5) is 33.4. The lowest BCUT2D eigenvalue weighted by atomic mass is 10.2. The zero-order chi connectivity index (χ0) is 13.5. The minimum absolute atomic E-state index is 0.0231. The largest absolute Gasteiger partial charge is 0.480 e. The topological polar surface area (TPSA) is 112 Å². The molecule has 1 aromatic rings. The summed E-state index contributed by atoms with van der Waals surface area (Å²) in [6.07, 6.45) is 2.18. The van der Waals surface area contributed by atoms with E-state index in [1.807, 2.05) is 6.26 Å². The fraction of sp³-hybridized carbons (Fsp3) is 0.400. The number of carboxylic acid groups (broad SMARTS) is 1. The summed E-state index contributed by atoms with van der Waals surface area (Å²) in [7, 11) is 0. The Kier molecular flexibility index (Phi) is 5.37. The normalized spacial score (nSPS) is 11.8. The first kappa shape index (κ1) is 14.2. The van der Waals surface area contributed by atoms with Crippen molar-refractivity contribution in [2.45, 2.75) is 12.5 Å². The number of carboxylic acids is 1. The van der Waals surface area contributed by atoms with Gasteiger partial charge in [-0.2, -0.15) is 16.9 Å². The van der Waals surface area contributed by atoms with Gasteiger partial charge in [0, 0.05) is 6.07 Å². The molecule has 0 unspecified atom stereocenters. The van der Waals surface area contributed by atoms with Crippen molar-refractivity contribution in [3.63, 3.8) is 0 Å². The number of aromatic nitrogens is 2. The third kappa shape index (κ3) is 4.21. The highest BCUT2D eigenvalue weighted by atomic mass is 32.2. The minimum Gasteiger partial charge on any atom is -0.480 e. The Morgan fingerprint density at radius 1 is 1.56 bits per heavy atom. The smallest absolute Gasteiger partial charge is 0.326 e. The maximum Gasteiger partial charge on any atom is 0.326 e. The van der Waals surface area contributed by atoms with Crippen LogP contribution in [0.5, 0.6) is 0 Å². The van der Waals surface area contributed by atoms with Crippen molar-refractivity contribution < 1.29 is 14.7 Å². The molecule has 1 rings (SSSR count). The van der Waals surface area contributed by atoms with Gasteiger partial charge >= 0.3 is 5.97 Å². The van der Waals surface area contributed by atoms with E-state index in [-0.39, 0.29) is 5.69 Å². The van der Waals surface area contributed by atoms with Crippen LogP contribution in [0.4, 0.5) is 0 Å². The number of aliphatic carboxylic acids is 1. The first-order valence-electron chi connectivity index (χ1n) is 5.13. The van der Waals surface area contributed by atoms with Crippen LogP contribution in [0.3, 0.4) is 0 Å². The number of aromatic amines is 1. The Morgan fingerprint density at radius 3 is 2.78 bits per heavy atom. The van der Waals surface area contributed by atoms with E-state index in [2.05, 4.69) is 15.5 Å². The molecule has 3 N–H and O–H groups in total. The Balaban J connectivity index is 2.68. The fourth-order valence-electron chi connectivity index (χ4n) is 1.20. The van der Waals surface area contributed by atoms with E-state index in [0.29, 0.717) is 12.2 Å². The molecule has 0 fully saturated rings. The average Bonchev–Trinajstić information content (AvgIpc) is 2.34. The third-order valence-electron chi connectivity index (χ3n) is 2.13. The van der Waals surface area contributed by atoms with E-state index in [9.17, 15) is 14.4 Å². The first-order chi connectivity index (χ1) is 8.54. The Labute approximate surface area is 107 Å². The second kappa shape index (κ2) is 6.80. The van der Waals surface area contributed by atoms with Crippen molar-refractivity contribution in [1.82, 2.24) is 15.5 Å². The standard InChI is InChI=1S/C10H13N3O4S/c1-18-5-4-7(10(16)17)11-9(15)6-2-3-8(14)13-12-6/h2-3,7H,4-5H2,1H3,(H,11,15)(H,13,14)(H,16,17)/t7-/m0/s1. The molecule has 0 bridgehead atoms. The van der Waals surface area contributed by atoms with E-state index in [0.717, 1.165) is 6.07 Å². The van der Waals surface area contributed by atoms with Crippen LogP contribution in [-0.2, 0) is 4.79 Å². The van der Waals surface area contributed by atoms with Gasteiger partial charge in [0.05, 0.1) is 0 Å². The maximum atomic E-state index is 11.7. The molecule has 0 aliphatic heterocycles. The molecule has 0 radical (unpaired) electrons. The van der Waals surface area contributed by atoms with Crippen molar-refractivity contribution in [2.75, 3.05) is 12.0 Å². The van der Waals surface area contributed by atoms with Crippen LogP contribution in [0.25, 0.3) is 0 Å². The van der Waals surface area contributed by atoms with Crippen LogP contribution in [0, 0.1) is 0 Å². The first-order valence-corrected chi connectivity index (χ1v) is 6.52. The van der Waals surface area contributed by atoms with Gasteiger partial charge in [0.15, 0.2) is 0 Å². The van der Waals surface area contributed by atoms with Crippen molar-refractivity contribution in [1.29, 1.82) is 0 Å². The molecule has 0 aliphatic carbocycles. The summed E-state index contributed by atoms with van der Waals surface area (Å²) in [5.41, 5.74) is -0.450. The third-order valence-corrected chi connectivity index (χ3v) is 2.77. The summed E-state index contributed by atoms with van der Waals surface area (Å²) < 4.78 is 0. The summed E-state index contributed by atoms with van der Waals surface area (Å²) in [5.74, 6) is -1.10. The molecular weight excluding hydrogens is 258 g/mol.